The highest BCUT2D eigenvalue weighted by molar-refractivity contribution is 7.09. The van der Waals surface area contributed by atoms with E-state index in [9.17, 15) is 4.79 Å². The lowest BCUT2D eigenvalue weighted by Gasteiger charge is -1.99. The van der Waals surface area contributed by atoms with Crippen molar-refractivity contribution in [2.75, 3.05) is 6.54 Å². The van der Waals surface area contributed by atoms with Gasteiger partial charge >= 0.3 is 0 Å². The lowest BCUT2D eigenvalue weighted by Crippen LogP contribution is -2.29. The minimum atomic E-state index is -0.199. The number of aromatic nitrogens is 4. The molecule has 0 aliphatic rings. The SMILES string of the molecule is Cc1ncsc1CCn1cc(CNC(=O)CN)nn1. The summed E-state index contributed by atoms with van der Waals surface area (Å²) in [6.45, 7) is 3.09. The Hall–Kier alpha value is -1.80. The molecule has 0 aromatic carbocycles. The molecule has 0 fully saturated rings. The van der Waals surface area contributed by atoms with E-state index in [0.29, 0.717) is 6.54 Å². The molecule has 0 aliphatic carbocycles. The molecule has 2 aromatic heterocycles. The summed E-state index contributed by atoms with van der Waals surface area (Å²) < 4.78 is 1.77. The predicted octanol–water partition coefficient (Wildman–Crippen LogP) is -0.139. The Morgan fingerprint density at radius 2 is 2.42 bits per heavy atom. The number of amides is 1. The summed E-state index contributed by atoms with van der Waals surface area (Å²) in [6, 6.07) is 0. The van der Waals surface area contributed by atoms with Crippen LogP contribution in [0.5, 0.6) is 0 Å². The minimum Gasteiger partial charge on any atom is -0.349 e. The summed E-state index contributed by atoms with van der Waals surface area (Å²) in [7, 11) is 0. The van der Waals surface area contributed by atoms with Crippen molar-refractivity contribution in [1.82, 2.24) is 25.3 Å². The Morgan fingerprint density at radius 1 is 1.58 bits per heavy atom. The Kier molecular flexibility index (Phi) is 4.58. The number of thiazole rings is 1. The second-order valence-electron chi connectivity index (χ2n) is 4.06. The maximum Gasteiger partial charge on any atom is 0.234 e. The van der Waals surface area contributed by atoms with Gasteiger partial charge in [-0.25, -0.2) is 4.98 Å². The minimum absolute atomic E-state index is 0.0151. The van der Waals surface area contributed by atoms with Gasteiger partial charge in [-0.3, -0.25) is 9.48 Å². The van der Waals surface area contributed by atoms with Crippen LogP contribution >= 0.6 is 11.3 Å². The molecule has 2 aromatic rings. The van der Waals surface area contributed by atoms with Gasteiger partial charge < -0.3 is 11.1 Å². The number of rotatable bonds is 6. The lowest BCUT2D eigenvalue weighted by atomic mass is 10.3. The molecule has 2 heterocycles. The molecule has 8 heteroatoms. The molecule has 1 amide bonds. The van der Waals surface area contributed by atoms with E-state index < -0.39 is 0 Å². The molecule has 0 saturated carbocycles. The molecule has 0 aliphatic heterocycles. The fourth-order valence-electron chi connectivity index (χ4n) is 1.57. The van der Waals surface area contributed by atoms with Crippen molar-refractivity contribution in [2.24, 2.45) is 5.73 Å². The highest BCUT2D eigenvalue weighted by atomic mass is 32.1. The number of aryl methyl sites for hydroxylation is 3. The molecular weight excluding hydrogens is 264 g/mol. The van der Waals surface area contributed by atoms with E-state index in [1.54, 1.807) is 16.0 Å². The van der Waals surface area contributed by atoms with Gasteiger partial charge in [0, 0.05) is 17.8 Å². The van der Waals surface area contributed by atoms with Crippen molar-refractivity contribution in [1.29, 1.82) is 0 Å². The van der Waals surface area contributed by atoms with Gasteiger partial charge in [0.25, 0.3) is 0 Å². The number of hydrogen-bond acceptors (Lipinski definition) is 6. The summed E-state index contributed by atoms with van der Waals surface area (Å²) in [5.74, 6) is -0.199. The normalized spacial score (nSPS) is 10.6. The summed E-state index contributed by atoms with van der Waals surface area (Å²) in [4.78, 5) is 16.5. The molecule has 0 saturated heterocycles. The highest BCUT2D eigenvalue weighted by Gasteiger charge is 2.05. The summed E-state index contributed by atoms with van der Waals surface area (Å²) >= 11 is 1.65. The third-order valence-corrected chi connectivity index (χ3v) is 3.65. The lowest BCUT2D eigenvalue weighted by molar-refractivity contribution is -0.119. The molecule has 0 unspecified atom stereocenters. The van der Waals surface area contributed by atoms with E-state index in [1.807, 2.05) is 18.6 Å². The number of hydrogen-bond donors (Lipinski definition) is 2. The summed E-state index contributed by atoms with van der Waals surface area (Å²) in [5, 5.41) is 10.7. The molecule has 0 atom stereocenters. The zero-order valence-corrected chi connectivity index (χ0v) is 11.5. The number of carbonyl (C=O) groups is 1. The monoisotopic (exact) mass is 280 g/mol. The van der Waals surface area contributed by atoms with Crippen LogP contribution in [-0.2, 0) is 24.3 Å². The van der Waals surface area contributed by atoms with E-state index in [1.165, 1.54) is 4.88 Å². The number of nitrogens with one attached hydrogen (secondary N) is 1. The first kappa shape index (κ1) is 13.6. The van der Waals surface area contributed by atoms with Crippen molar-refractivity contribution < 1.29 is 4.79 Å². The third-order valence-electron chi connectivity index (χ3n) is 2.65. The first-order chi connectivity index (χ1) is 9.19. The van der Waals surface area contributed by atoms with Crippen LogP contribution in [-0.4, -0.2) is 32.4 Å². The Balaban J connectivity index is 1.84. The van der Waals surface area contributed by atoms with E-state index in [4.69, 9.17) is 5.73 Å². The molecule has 7 nitrogen and oxygen atoms in total. The van der Waals surface area contributed by atoms with Crippen molar-refractivity contribution in [3.8, 4) is 0 Å². The van der Waals surface area contributed by atoms with Crippen LogP contribution in [0.15, 0.2) is 11.7 Å². The maximum atomic E-state index is 11.0. The van der Waals surface area contributed by atoms with E-state index in [2.05, 4.69) is 20.6 Å². The van der Waals surface area contributed by atoms with Gasteiger partial charge in [0.1, 0.15) is 5.69 Å². The zero-order chi connectivity index (χ0) is 13.7. The number of nitrogens with two attached hydrogens (primary N) is 1. The predicted molar refractivity (Wildman–Crippen MR) is 71.5 cm³/mol. The van der Waals surface area contributed by atoms with Gasteiger partial charge in [0.2, 0.25) is 5.91 Å². The average Bonchev–Trinajstić information content (AvgIpc) is 3.02. The largest absolute Gasteiger partial charge is 0.349 e. The molecule has 102 valence electrons. The van der Waals surface area contributed by atoms with E-state index in [-0.39, 0.29) is 12.5 Å². The van der Waals surface area contributed by atoms with Crippen molar-refractivity contribution >= 4 is 17.2 Å². The first-order valence-electron chi connectivity index (χ1n) is 5.93. The van der Waals surface area contributed by atoms with Crippen LogP contribution in [0.3, 0.4) is 0 Å². The Morgan fingerprint density at radius 3 is 3.11 bits per heavy atom. The number of nitrogens with zero attached hydrogens (tertiary/aromatic N) is 4. The summed E-state index contributed by atoms with van der Waals surface area (Å²) in [5.41, 5.74) is 8.84. The Labute approximate surface area is 114 Å². The smallest absolute Gasteiger partial charge is 0.234 e. The molecule has 3 N–H and O–H groups in total. The fourth-order valence-corrected chi connectivity index (χ4v) is 2.34. The number of carbonyl (C=O) groups excluding carboxylic acids is 1. The van der Waals surface area contributed by atoms with Gasteiger partial charge in [-0.1, -0.05) is 5.21 Å². The van der Waals surface area contributed by atoms with Crippen LogP contribution in [0.1, 0.15) is 16.3 Å². The van der Waals surface area contributed by atoms with Crippen LogP contribution in [0.2, 0.25) is 0 Å². The van der Waals surface area contributed by atoms with E-state index in [0.717, 1.165) is 24.4 Å². The van der Waals surface area contributed by atoms with Gasteiger partial charge in [-0.2, -0.15) is 0 Å². The molecule has 19 heavy (non-hydrogen) atoms. The maximum absolute atomic E-state index is 11.0. The molecule has 0 bridgehead atoms. The molecule has 2 rings (SSSR count). The second-order valence-corrected chi connectivity index (χ2v) is 5.00. The van der Waals surface area contributed by atoms with Crippen LogP contribution in [0.4, 0.5) is 0 Å². The van der Waals surface area contributed by atoms with Gasteiger partial charge in [-0.15, -0.1) is 16.4 Å². The summed E-state index contributed by atoms with van der Waals surface area (Å²) in [6.07, 6.45) is 2.71. The zero-order valence-electron chi connectivity index (χ0n) is 10.7. The van der Waals surface area contributed by atoms with Crippen LogP contribution in [0.25, 0.3) is 0 Å². The van der Waals surface area contributed by atoms with Gasteiger partial charge in [0.05, 0.1) is 30.5 Å². The highest BCUT2D eigenvalue weighted by Crippen LogP contribution is 2.13. The topological polar surface area (TPSA) is 98.7 Å². The van der Waals surface area contributed by atoms with Crippen LogP contribution in [0, 0.1) is 6.92 Å². The molecular formula is C11H16N6OS. The fraction of sp³-hybridized carbons (Fsp3) is 0.455. The average molecular weight is 280 g/mol. The van der Waals surface area contributed by atoms with Gasteiger partial charge in [0.15, 0.2) is 0 Å². The van der Waals surface area contributed by atoms with Crippen molar-refractivity contribution in [3.05, 3.63) is 28.0 Å². The molecule has 0 radical (unpaired) electrons. The Bertz CT molecular complexity index is 549. The van der Waals surface area contributed by atoms with Crippen molar-refractivity contribution in [3.63, 3.8) is 0 Å². The van der Waals surface area contributed by atoms with Gasteiger partial charge in [-0.05, 0) is 6.92 Å². The molecule has 0 spiro atoms. The first-order valence-corrected chi connectivity index (χ1v) is 6.81. The van der Waals surface area contributed by atoms with E-state index >= 15 is 0 Å². The van der Waals surface area contributed by atoms with Crippen molar-refractivity contribution in [2.45, 2.75) is 26.4 Å². The third kappa shape index (κ3) is 3.83. The van der Waals surface area contributed by atoms with Crippen LogP contribution < -0.4 is 11.1 Å². The second kappa shape index (κ2) is 6.39. The quantitative estimate of drug-likeness (QED) is 0.767. The standard InChI is InChI=1S/C11H16N6OS/c1-8-10(19-7-14-8)2-3-17-6-9(15-16-17)5-13-11(18)4-12/h6-7H,2-5,12H2,1H3,(H,13,18).